The molecule has 5 aromatic rings. The van der Waals surface area contributed by atoms with Crippen LogP contribution in [0.1, 0.15) is 25.8 Å². The molecule has 5 heteroatoms. The van der Waals surface area contributed by atoms with Gasteiger partial charge in [0.15, 0.2) is 0 Å². The number of allylic oxidation sites excluding steroid dienone is 2. The lowest BCUT2D eigenvalue weighted by atomic mass is 10.1. The van der Waals surface area contributed by atoms with Gasteiger partial charge in [0.2, 0.25) is 5.52 Å². The molecule has 1 aliphatic heterocycles. The molecule has 0 amide bonds. The second-order valence-electron chi connectivity index (χ2n) is 8.28. The minimum atomic E-state index is 0.959. The van der Waals surface area contributed by atoms with Crippen LogP contribution in [0.15, 0.2) is 81.6 Å². The predicted octanol–water partition coefficient (Wildman–Crippen LogP) is 8.45. The van der Waals surface area contributed by atoms with Crippen molar-refractivity contribution in [1.29, 1.82) is 0 Å². The molecule has 164 valence electrons. The van der Waals surface area contributed by atoms with Gasteiger partial charge in [0.1, 0.15) is 11.2 Å². The lowest BCUT2D eigenvalue weighted by Crippen LogP contribution is -2.33. The summed E-state index contributed by atoms with van der Waals surface area (Å²) < 4.78 is 5.19. The average molecular weight is 486 g/mol. The third kappa shape index (κ3) is 3.41. The maximum Gasteiger partial charge on any atom is 0.263 e. The number of rotatable bonds is 4. The summed E-state index contributed by atoms with van der Waals surface area (Å²) in [7, 11) is 0. The number of aryl methyl sites for hydroxylation is 1. The first-order valence-corrected chi connectivity index (χ1v) is 13.9. The third-order valence-corrected chi connectivity index (χ3v) is 9.34. The highest BCUT2D eigenvalue weighted by Crippen LogP contribution is 2.49. The van der Waals surface area contributed by atoms with Gasteiger partial charge in [0, 0.05) is 27.6 Å². The van der Waals surface area contributed by atoms with E-state index in [1.165, 1.54) is 57.3 Å². The Balaban J connectivity index is 1.43. The van der Waals surface area contributed by atoms with Crippen molar-refractivity contribution in [3.8, 4) is 0 Å². The molecule has 2 aromatic heterocycles. The molecule has 1 aliphatic rings. The molecule has 0 saturated carbocycles. The van der Waals surface area contributed by atoms with E-state index in [0.29, 0.717) is 0 Å². The lowest BCUT2D eigenvalue weighted by Gasteiger charge is -2.19. The number of hydrogen-bond acceptors (Lipinski definition) is 4. The van der Waals surface area contributed by atoms with Crippen LogP contribution in [0.2, 0.25) is 0 Å². The SMILES string of the molecule is CCN1C(=CC(C)=Cc2sc3ccc4sccc4c3[n+]2CC)Sc2ccc3ccccc3c21. The smallest absolute Gasteiger partial charge is 0.263 e. The summed E-state index contributed by atoms with van der Waals surface area (Å²) in [6, 6.07) is 20.0. The van der Waals surface area contributed by atoms with Crippen LogP contribution in [0, 0.1) is 0 Å². The zero-order valence-corrected chi connectivity index (χ0v) is 21.4. The zero-order chi connectivity index (χ0) is 22.5. The number of nitrogens with zero attached hydrogens (tertiary/aromatic N) is 2. The molecule has 0 radical (unpaired) electrons. The van der Waals surface area contributed by atoms with Gasteiger partial charge in [0.25, 0.3) is 5.01 Å². The van der Waals surface area contributed by atoms with Crippen LogP contribution in [0.4, 0.5) is 5.69 Å². The fraction of sp³-hybridized carbons (Fsp3) is 0.179. The maximum absolute atomic E-state index is 2.47. The van der Waals surface area contributed by atoms with Crippen LogP contribution in [-0.2, 0) is 6.54 Å². The van der Waals surface area contributed by atoms with Gasteiger partial charge in [-0.2, -0.15) is 4.57 Å². The Morgan fingerprint density at radius 1 is 0.970 bits per heavy atom. The van der Waals surface area contributed by atoms with Gasteiger partial charge in [-0.1, -0.05) is 53.4 Å². The Morgan fingerprint density at radius 2 is 1.82 bits per heavy atom. The molecule has 0 N–H and O–H groups in total. The summed E-state index contributed by atoms with van der Waals surface area (Å²) in [6.07, 6.45) is 4.71. The summed E-state index contributed by atoms with van der Waals surface area (Å²) in [5.41, 5.74) is 4.01. The van der Waals surface area contributed by atoms with E-state index in [9.17, 15) is 0 Å². The molecular weight excluding hydrogens is 461 g/mol. The predicted molar refractivity (Wildman–Crippen MR) is 148 cm³/mol. The maximum atomic E-state index is 2.47. The number of thioether (sulfide) groups is 1. The molecule has 0 atom stereocenters. The summed E-state index contributed by atoms with van der Waals surface area (Å²) in [4.78, 5) is 3.81. The molecule has 3 heterocycles. The minimum absolute atomic E-state index is 0.959. The second-order valence-corrected chi connectivity index (χ2v) is 11.4. The van der Waals surface area contributed by atoms with E-state index in [1.54, 1.807) is 0 Å². The number of benzene rings is 3. The van der Waals surface area contributed by atoms with E-state index in [-0.39, 0.29) is 0 Å². The van der Waals surface area contributed by atoms with Crippen LogP contribution in [-0.4, -0.2) is 6.54 Å². The first-order valence-electron chi connectivity index (χ1n) is 11.4. The fourth-order valence-corrected chi connectivity index (χ4v) is 8.09. The molecule has 33 heavy (non-hydrogen) atoms. The molecule has 0 saturated heterocycles. The van der Waals surface area contributed by atoms with Crippen molar-refractivity contribution < 1.29 is 4.57 Å². The average Bonchev–Trinajstić information content (AvgIpc) is 3.52. The van der Waals surface area contributed by atoms with Gasteiger partial charge in [-0.15, -0.1) is 11.3 Å². The van der Waals surface area contributed by atoms with Gasteiger partial charge in [0.05, 0.1) is 16.1 Å². The number of hydrogen-bond donors (Lipinski definition) is 0. The number of aromatic nitrogens is 1. The molecule has 3 aromatic carbocycles. The Labute approximate surface area is 206 Å². The van der Waals surface area contributed by atoms with Gasteiger partial charge in [-0.05, 0) is 67.5 Å². The van der Waals surface area contributed by atoms with Crippen molar-refractivity contribution in [3.05, 3.63) is 81.7 Å². The lowest BCUT2D eigenvalue weighted by molar-refractivity contribution is -0.664. The summed E-state index contributed by atoms with van der Waals surface area (Å²) in [6.45, 7) is 8.65. The van der Waals surface area contributed by atoms with Crippen LogP contribution in [0.25, 0.3) is 37.2 Å². The van der Waals surface area contributed by atoms with Crippen molar-refractivity contribution in [2.24, 2.45) is 0 Å². The highest BCUT2D eigenvalue weighted by molar-refractivity contribution is 8.03. The molecule has 0 unspecified atom stereocenters. The monoisotopic (exact) mass is 485 g/mol. The number of thiophene rings is 1. The highest BCUT2D eigenvalue weighted by Gasteiger charge is 2.26. The Bertz CT molecular complexity index is 1590. The quantitative estimate of drug-likeness (QED) is 0.236. The van der Waals surface area contributed by atoms with Gasteiger partial charge in [-0.25, -0.2) is 0 Å². The van der Waals surface area contributed by atoms with E-state index in [2.05, 4.69) is 102 Å². The minimum Gasteiger partial charge on any atom is -0.335 e. The number of anilines is 1. The second kappa shape index (κ2) is 8.32. The molecule has 6 rings (SSSR count). The van der Waals surface area contributed by atoms with Crippen LogP contribution < -0.4 is 9.47 Å². The van der Waals surface area contributed by atoms with Crippen molar-refractivity contribution in [1.82, 2.24) is 0 Å². The van der Waals surface area contributed by atoms with E-state index in [4.69, 9.17) is 0 Å². The van der Waals surface area contributed by atoms with Crippen LogP contribution >= 0.6 is 34.4 Å². The first-order chi connectivity index (χ1) is 16.2. The van der Waals surface area contributed by atoms with E-state index in [0.717, 1.165) is 13.1 Å². The van der Waals surface area contributed by atoms with Gasteiger partial charge >= 0.3 is 0 Å². The molecular formula is C28H25N2S3+. The Morgan fingerprint density at radius 3 is 2.67 bits per heavy atom. The van der Waals surface area contributed by atoms with Crippen molar-refractivity contribution in [2.75, 3.05) is 11.4 Å². The highest BCUT2D eigenvalue weighted by atomic mass is 32.2. The van der Waals surface area contributed by atoms with Crippen molar-refractivity contribution in [3.63, 3.8) is 0 Å². The van der Waals surface area contributed by atoms with E-state index < -0.39 is 0 Å². The normalized spacial score (nSPS) is 15.4. The molecule has 2 nitrogen and oxygen atoms in total. The van der Waals surface area contributed by atoms with Crippen LogP contribution in [0.5, 0.6) is 0 Å². The van der Waals surface area contributed by atoms with Gasteiger partial charge in [-0.3, -0.25) is 0 Å². The molecule has 0 fully saturated rings. The molecule has 0 bridgehead atoms. The Hall–Kier alpha value is -2.60. The van der Waals surface area contributed by atoms with Crippen molar-refractivity contribution >= 4 is 77.3 Å². The summed E-state index contributed by atoms with van der Waals surface area (Å²) in [5.74, 6) is 0. The fourth-order valence-electron chi connectivity index (χ4n) is 4.80. The first kappa shape index (κ1) is 21.0. The number of thiazole rings is 1. The topological polar surface area (TPSA) is 7.12 Å². The standard InChI is InChI=1S/C28H25N2S3/c1-4-29-25(32-23-11-10-19-8-6-7-9-20(19)27(23)29)16-18(3)17-26-30(5-2)28-21-14-15-31-22(21)12-13-24(28)33-26/h6-17H,4-5H2,1-3H3/q+1. The van der Waals surface area contributed by atoms with E-state index >= 15 is 0 Å². The Kier molecular flexibility index (Phi) is 5.28. The van der Waals surface area contributed by atoms with Crippen molar-refractivity contribution in [2.45, 2.75) is 32.2 Å². The summed E-state index contributed by atoms with van der Waals surface area (Å²) >= 11 is 5.60. The summed E-state index contributed by atoms with van der Waals surface area (Å²) in [5, 5.41) is 8.83. The van der Waals surface area contributed by atoms with Crippen LogP contribution in [0.3, 0.4) is 0 Å². The van der Waals surface area contributed by atoms with E-state index in [1.807, 2.05) is 34.4 Å². The zero-order valence-electron chi connectivity index (χ0n) is 19.0. The largest absolute Gasteiger partial charge is 0.335 e. The molecule has 0 spiro atoms. The molecule has 0 aliphatic carbocycles. The third-order valence-electron chi connectivity index (χ3n) is 6.27. The van der Waals surface area contributed by atoms with Gasteiger partial charge < -0.3 is 4.90 Å². The number of fused-ring (bicyclic) bond motifs is 6.